The Morgan fingerprint density at radius 2 is 1.88 bits per heavy atom. The number of halogens is 1. The number of hydroxylamine groups is 1. The van der Waals surface area contributed by atoms with E-state index in [0.29, 0.717) is 36.3 Å². The fourth-order valence-electron chi connectivity index (χ4n) is 1.99. The zero-order chi connectivity index (χ0) is 11.9. The third-order valence-electron chi connectivity index (χ3n) is 3.41. The minimum absolute atomic E-state index is 0.223. The van der Waals surface area contributed by atoms with Crippen molar-refractivity contribution < 1.29 is 14.7 Å². The first-order valence-corrected chi connectivity index (χ1v) is 6.05. The zero-order valence-electron chi connectivity index (χ0n) is 9.33. The molecule has 1 aromatic rings. The van der Waals surface area contributed by atoms with Gasteiger partial charge in [0, 0.05) is 23.0 Å². The Balaban J connectivity index is 1.90. The summed E-state index contributed by atoms with van der Waals surface area (Å²) in [7, 11) is 0. The molecule has 2 aliphatic rings. The normalized spacial score (nSPS) is 20.1. The molecule has 0 aromatic heterocycles. The Morgan fingerprint density at radius 3 is 2.47 bits per heavy atom. The van der Waals surface area contributed by atoms with Crippen LogP contribution in [-0.4, -0.2) is 18.4 Å². The molecule has 0 atom stereocenters. The maximum absolute atomic E-state index is 8.72. The third kappa shape index (κ3) is 2.08. The quantitative estimate of drug-likeness (QED) is 0.797. The summed E-state index contributed by atoms with van der Waals surface area (Å²) in [6.45, 7) is 1.70. The van der Waals surface area contributed by atoms with Crippen LogP contribution in [0.25, 0.3) is 0 Å². The predicted molar refractivity (Wildman–Crippen MR) is 62.7 cm³/mol. The fraction of sp³-hybridized carbons (Fsp3) is 0.500. The van der Waals surface area contributed by atoms with E-state index in [0.717, 1.165) is 5.56 Å². The van der Waals surface area contributed by atoms with Crippen LogP contribution < -0.4 is 15.0 Å². The molecule has 0 amide bonds. The SMILES string of the molecule is ONCc1cc2c(cc1Cl)OCC1(CC1)CO2. The summed E-state index contributed by atoms with van der Waals surface area (Å²) in [5.74, 6) is 1.41. The van der Waals surface area contributed by atoms with Gasteiger partial charge in [-0.25, -0.2) is 5.48 Å². The molecule has 0 unspecified atom stereocenters. The molecule has 1 spiro atoms. The Morgan fingerprint density at radius 1 is 1.24 bits per heavy atom. The average molecular weight is 256 g/mol. The van der Waals surface area contributed by atoms with Gasteiger partial charge in [0.15, 0.2) is 11.5 Å². The van der Waals surface area contributed by atoms with E-state index < -0.39 is 0 Å². The van der Waals surface area contributed by atoms with Gasteiger partial charge in [-0.2, -0.15) is 0 Å². The molecule has 0 saturated heterocycles. The highest BCUT2D eigenvalue weighted by atomic mass is 35.5. The molecule has 1 saturated carbocycles. The van der Waals surface area contributed by atoms with Crippen molar-refractivity contribution in [2.45, 2.75) is 19.4 Å². The molecule has 1 aromatic carbocycles. The standard InChI is InChI=1S/C12H14ClNO3/c13-9-4-11-10(3-8(9)5-14-15)16-6-12(1-2-12)7-17-11/h3-4,14-15H,1-2,5-7H2. The second-order valence-electron chi connectivity index (χ2n) is 4.80. The minimum atomic E-state index is 0.223. The van der Waals surface area contributed by atoms with Gasteiger partial charge in [0.25, 0.3) is 0 Å². The van der Waals surface area contributed by atoms with Crippen LogP contribution in [0.3, 0.4) is 0 Å². The van der Waals surface area contributed by atoms with Crippen LogP contribution in [0.2, 0.25) is 5.02 Å². The van der Waals surface area contributed by atoms with E-state index >= 15 is 0 Å². The van der Waals surface area contributed by atoms with Gasteiger partial charge in [-0.3, -0.25) is 0 Å². The average Bonchev–Trinajstić information content (AvgIpc) is 3.10. The summed E-state index contributed by atoms with van der Waals surface area (Å²) in [5, 5.41) is 9.29. The maximum atomic E-state index is 8.72. The first kappa shape index (κ1) is 11.1. The molecule has 5 heteroatoms. The van der Waals surface area contributed by atoms with Gasteiger partial charge < -0.3 is 14.7 Å². The van der Waals surface area contributed by atoms with Crippen LogP contribution in [0.1, 0.15) is 18.4 Å². The summed E-state index contributed by atoms with van der Waals surface area (Å²) >= 11 is 6.09. The predicted octanol–water partition coefficient (Wildman–Crippen LogP) is 2.37. The van der Waals surface area contributed by atoms with E-state index in [1.807, 2.05) is 6.07 Å². The van der Waals surface area contributed by atoms with Crippen LogP contribution in [0.15, 0.2) is 12.1 Å². The van der Waals surface area contributed by atoms with Gasteiger partial charge in [0.2, 0.25) is 0 Å². The second kappa shape index (κ2) is 4.05. The second-order valence-corrected chi connectivity index (χ2v) is 5.21. The number of hydrogen-bond acceptors (Lipinski definition) is 4. The number of ether oxygens (including phenoxy) is 2. The van der Waals surface area contributed by atoms with Crippen molar-refractivity contribution in [1.29, 1.82) is 0 Å². The molecule has 1 fully saturated rings. The molecule has 1 heterocycles. The molecule has 1 aliphatic heterocycles. The number of benzene rings is 1. The number of rotatable bonds is 2. The lowest BCUT2D eigenvalue weighted by molar-refractivity contribution is 0.161. The van der Waals surface area contributed by atoms with Gasteiger partial charge >= 0.3 is 0 Å². The molecule has 3 rings (SSSR count). The Hall–Kier alpha value is -0.970. The van der Waals surface area contributed by atoms with Crippen LogP contribution in [0.4, 0.5) is 0 Å². The lowest BCUT2D eigenvalue weighted by Crippen LogP contribution is -2.17. The summed E-state index contributed by atoms with van der Waals surface area (Å²) in [6, 6.07) is 3.58. The fourth-order valence-corrected chi connectivity index (χ4v) is 2.21. The largest absolute Gasteiger partial charge is 0.489 e. The molecular weight excluding hydrogens is 242 g/mol. The molecule has 17 heavy (non-hydrogen) atoms. The Bertz CT molecular complexity index is 446. The highest BCUT2D eigenvalue weighted by Gasteiger charge is 2.46. The number of hydrogen-bond donors (Lipinski definition) is 2. The lowest BCUT2D eigenvalue weighted by Gasteiger charge is -2.10. The number of fused-ring (bicyclic) bond motifs is 1. The van der Waals surface area contributed by atoms with Crippen LogP contribution >= 0.6 is 11.6 Å². The molecule has 1 aliphatic carbocycles. The van der Waals surface area contributed by atoms with Crippen molar-refractivity contribution in [3.05, 3.63) is 22.7 Å². The summed E-state index contributed by atoms with van der Waals surface area (Å²) in [5.41, 5.74) is 3.11. The highest BCUT2D eigenvalue weighted by Crippen LogP contribution is 2.49. The van der Waals surface area contributed by atoms with E-state index in [1.54, 1.807) is 6.07 Å². The van der Waals surface area contributed by atoms with Gasteiger partial charge in [0.05, 0.1) is 13.2 Å². The number of nitrogens with one attached hydrogen (secondary N) is 1. The van der Waals surface area contributed by atoms with E-state index in [9.17, 15) is 0 Å². The maximum Gasteiger partial charge on any atom is 0.162 e. The first-order valence-electron chi connectivity index (χ1n) is 5.67. The molecule has 0 radical (unpaired) electrons. The van der Waals surface area contributed by atoms with E-state index in [-0.39, 0.29) is 5.41 Å². The van der Waals surface area contributed by atoms with Crippen molar-refractivity contribution in [2.75, 3.05) is 13.2 Å². The van der Waals surface area contributed by atoms with Gasteiger partial charge in [0.1, 0.15) is 0 Å². The van der Waals surface area contributed by atoms with Gasteiger partial charge in [-0.05, 0) is 24.5 Å². The van der Waals surface area contributed by atoms with Crippen molar-refractivity contribution in [3.63, 3.8) is 0 Å². The van der Waals surface area contributed by atoms with Gasteiger partial charge in [-0.1, -0.05) is 11.6 Å². The molecular formula is C12H14ClNO3. The molecule has 92 valence electrons. The zero-order valence-corrected chi connectivity index (χ0v) is 10.1. The van der Waals surface area contributed by atoms with Crippen LogP contribution in [-0.2, 0) is 6.54 Å². The van der Waals surface area contributed by atoms with Crippen molar-refractivity contribution >= 4 is 11.6 Å². The lowest BCUT2D eigenvalue weighted by atomic mass is 10.1. The first-order chi connectivity index (χ1) is 8.22. The molecule has 2 N–H and O–H groups in total. The van der Waals surface area contributed by atoms with Crippen molar-refractivity contribution in [3.8, 4) is 11.5 Å². The van der Waals surface area contributed by atoms with Crippen molar-refractivity contribution in [2.24, 2.45) is 5.41 Å². The van der Waals surface area contributed by atoms with Crippen molar-refractivity contribution in [1.82, 2.24) is 5.48 Å². The smallest absolute Gasteiger partial charge is 0.162 e. The monoisotopic (exact) mass is 255 g/mol. The molecule has 4 nitrogen and oxygen atoms in total. The molecule has 0 bridgehead atoms. The topological polar surface area (TPSA) is 50.7 Å². The Kier molecular flexibility index (Phi) is 2.65. The summed E-state index contributed by atoms with van der Waals surface area (Å²) in [4.78, 5) is 0. The van der Waals surface area contributed by atoms with Gasteiger partial charge in [-0.15, -0.1) is 0 Å². The van der Waals surface area contributed by atoms with E-state index in [4.69, 9.17) is 26.3 Å². The summed E-state index contributed by atoms with van der Waals surface area (Å²) in [6.07, 6.45) is 2.33. The summed E-state index contributed by atoms with van der Waals surface area (Å²) < 4.78 is 11.5. The van der Waals surface area contributed by atoms with E-state index in [1.165, 1.54) is 12.8 Å². The van der Waals surface area contributed by atoms with Crippen LogP contribution in [0, 0.1) is 5.41 Å². The Labute approximate surface area is 104 Å². The third-order valence-corrected chi connectivity index (χ3v) is 3.76. The highest BCUT2D eigenvalue weighted by molar-refractivity contribution is 6.31. The van der Waals surface area contributed by atoms with Crippen LogP contribution in [0.5, 0.6) is 11.5 Å². The minimum Gasteiger partial charge on any atom is -0.489 e. The van der Waals surface area contributed by atoms with E-state index in [2.05, 4.69) is 5.48 Å².